The van der Waals surface area contributed by atoms with Crippen LogP contribution < -0.4 is 0 Å². The van der Waals surface area contributed by atoms with E-state index in [1.54, 1.807) is 0 Å². The summed E-state index contributed by atoms with van der Waals surface area (Å²) in [7, 11) is 1.36. The molecule has 2 bridgehead atoms. The fraction of sp³-hybridized carbons (Fsp3) is 0.714. The van der Waals surface area contributed by atoms with Crippen molar-refractivity contribution in [2.75, 3.05) is 20.2 Å². The lowest BCUT2D eigenvalue weighted by molar-refractivity contribution is -0.151. The maximum Gasteiger partial charge on any atom is 0.312 e. The zero-order valence-electron chi connectivity index (χ0n) is 11.3. The van der Waals surface area contributed by atoms with E-state index < -0.39 is 17.4 Å². The van der Waals surface area contributed by atoms with Crippen molar-refractivity contribution in [2.45, 2.75) is 31.5 Å². The SMILES string of the molecule is CCCCN1C[C@]23C=C[C@H](O2)[C@@H](C(=O)OC)[C@@H]3C1=O. The van der Waals surface area contributed by atoms with Gasteiger partial charge in [-0.05, 0) is 6.42 Å². The smallest absolute Gasteiger partial charge is 0.312 e. The van der Waals surface area contributed by atoms with E-state index in [9.17, 15) is 9.59 Å². The molecule has 104 valence electrons. The van der Waals surface area contributed by atoms with Gasteiger partial charge in [0.05, 0.1) is 25.7 Å². The number of carbonyl (C=O) groups excluding carboxylic acids is 2. The molecule has 0 saturated carbocycles. The average molecular weight is 265 g/mol. The van der Waals surface area contributed by atoms with Crippen LogP contribution in [0.5, 0.6) is 0 Å². The third-order valence-corrected chi connectivity index (χ3v) is 4.43. The number of hydrogen-bond donors (Lipinski definition) is 0. The van der Waals surface area contributed by atoms with Gasteiger partial charge in [-0.15, -0.1) is 0 Å². The van der Waals surface area contributed by atoms with E-state index in [1.165, 1.54) is 7.11 Å². The molecule has 2 fully saturated rings. The van der Waals surface area contributed by atoms with E-state index in [1.807, 2.05) is 17.1 Å². The number of rotatable bonds is 4. The summed E-state index contributed by atoms with van der Waals surface area (Å²) in [5.41, 5.74) is -0.589. The molecule has 3 heterocycles. The monoisotopic (exact) mass is 265 g/mol. The van der Waals surface area contributed by atoms with E-state index >= 15 is 0 Å². The highest BCUT2D eigenvalue weighted by Crippen LogP contribution is 2.52. The lowest BCUT2D eigenvalue weighted by Crippen LogP contribution is -2.39. The van der Waals surface area contributed by atoms with E-state index in [2.05, 4.69) is 6.92 Å². The zero-order chi connectivity index (χ0) is 13.6. The first-order chi connectivity index (χ1) is 9.13. The van der Waals surface area contributed by atoms with Crippen LogP contribution >= 0.6 is 0 Å². The Balaban J connectivity index is 1.86. The number of fused-ring (bicyclic) bond motifs is 1. The summed E-state index contributed by atoms with van der Waals surface area (Å²) < 4.78 is 10.8. The molecule has 0 unspecified atom stereocenters. The highest BCUT2D eigenvalue weighted by atomic mass is 16.5. The van der Waals surface area contributed by atoms with Crippen LogP contribution in [0, 0.1) is 11.8 Å². The Morgan fingerprint density at radius 2 is 2.42 bits per heavy atom. The van der Waals surface area contributed by atoms with Gasteiger partial charge in [-0.3, -0.25) is 9.59 Å². The van der Waals surface area contributed by atoms with Crippen LogP contribution in [0.3, 0.4) is 0 Å². The number of methoxy groups -OCH3 is 1. The highest BCUT2D eigenvalue weighted by molar-refractivity contribution is 5.91. The van der Waals surface area contributed by atoms with Crippen LogP contribution in [0.25, 0.3) is 0 Å². The molecule has 3 rings (SSSR count). The van der Waals surface area contributed by atoms with Crippen molar-refractivity contribution in [3.05, 3.63) is 12.2 Å². The summed E-state index contributed by atoms with van der Waals surface area (Å²) in [6.07, 6.45) is 5.58. The Labute approximate surface area is 112 Å². The predicted molar refractivity (Wildman–Crippen MR) is 67.2 cm³/mol. The van der Waals surface area contributed by atoms with Crippen LogP contribution in [0.4, 0.5) is 0 Å². The zero-order valence-corrected chi connectivity index (χ0v) is 11.3. The fourth-order valence-electron chi connectivity index (χ4n) is 3.52. The molecule has 0 aromatic rings. The molecule has 1 spiro atoms. The van der Waals surface area contributed by atoms with Crippen molar-refractivity contribution in [1.82, 2.24) is 4.90 Å². The summed E-state index contributed by atoms with van der Waals surface area (Å²) in [6, 6.07) is 0. The van der Waals surface area contributed by atoms with Gasteiger partial charge in [0, 0.05) is 6.54 Å². The molecule has 19 heavy (non-hydrogen) atoms. The molecule has 3 aliphatic rings. The van der Waals surface area contributed by atoms with Gasteiger partial charge in [-0.2, -0.15) is 0 Å². The number of hydrogen-bond acceptors (Lipinski definition) is 4. The maximum absolute atomic E-state index is 12.5. The molecule has 1 amide bonds. The first kappa shape index (κ1) is 12.7. The van der Waals surface area contributed by atoms with Crippen molar-refractivity contribution >= 4 is 11.9 Å². The van der Waals surface area contributed by atoms with Gasteiger partial charge in [0.15, 0.2) is 0 Å². The summed E-state index contributed by atoms with van der Waals surface area (Å²) in [6.45, 7) is 3.40. The van der Waals surface area contributed by atoms with Gasteiger partial charge in [0.2, 0.25) is 5.91 Å². The van der Waals surface area contributed by atoms with Crippen molar-refractivity contribution in [1.29, 1.82) is 0 Å². The predicted octanol–water partition coefficient (Wildman–Crippen LogP) is 0.741. The minimum absolute atomic E-state index is 0.0377. The molecule has 5 heteroatoms. The topological polar surface area (TPSA) is 55.8 Å². The summed E-state index contributed by atoms with van der Waals surface area (Å²) in [4.78, 5) is 26.2. The number of nitrogens with zero attached hydrogens (tertiary/aromatic N) is 1. The van der Waals surface area contributed by atoms with Crippen molar-refractivity contribution in [2.24, 2.45) is 11.8 Å². The van der Waals surface area contributed by atoms with Crippen molar-refractivity contribution in [3.63, 3.8) is 0 Å². The van der Waals surface area contributed by atoms with E-state index in [0.717, 1.165) is 19.4 Å². The lowest BCUT2D eigenvalue weighted by atomic mass is 9.77. The second-order valence-corrected chi connectivity index (χ2v) is 5.54. The number of likely N-dealkylation sites (tertiary alicyclic amines) is 1. The quantitative estimate of drug-likeness (QED) is 0.556. The lowest BCUT2D eigenvalue weighted by Gasteiger charge is -2.22. The molecular formula is C14H19NO4. The van der Waals surface area contributed by atoms with Gasteiger partial charge in [0.25, 0.3) is 0 Å². The second-order valence-electron chi connectivity index (χ2n) is 5.54. The Morgan fingerprint density at radius 1 is 1.63 bits per heavy atom. The summed E-state index contributed by atoms with van der Waals surface area (Å²) >= 11 is 0. The molecule has 4 atom stereocenters. The third-order valence-electron chi connectivity index (χ3n) is 4.43. The molecule has 0 radical (unpaired) electrons. The van der Waals surface area contributed by atoms with Crippen LogP contribution in [0.1, 0.15) is 19.8 Å². The minimum atomic E-state index is -0.589. The molecule has 3 aliphatic heterocycles. The van der Waals surface area contributed by atoms with Crippen molar-refractivity contribution in [3.8, 4) is 0 Å². The van der Waals surface area contributed by atoms with Crippen LogP contribution in [0.2, 0.25) is 0 Å². The molecule has 0 N–H and O–H groups in total. The van der Waals surface area contributed by atoms with E-state index in [0.29, 0.717) is 6.54 Å². The standard InChI is InChI=1S/C14H19NO4/c1-3-4-7-15-8-14-6-5-9(19-14)10(13(17)18-2)11(14)12(15)16/h5-6,9-11H,3-4,7-8H2,1-2H3/t9-,10+,11+,14-/m0/s1. The average Bonchev–Trinajstić information content (AvgIpc) is 3.04. The van der Waals surface area contributed by atoms with Crippen LogP contribution in [-0.4, -0.2) is 48.7 Å². The third kappa shape index (κ3) is 1.64. The number of unbranched alkanes of at least 4 members (excludes halogenated alkanes) is 1. The van der Waals surface area contributed by atoms with Crippen LogP contribution in [-0.2, 0) is 19.1 Å². The molecule has 0 aromatic carbocycles. The molecule has 2 saturated heterocycles. The number of ether oxygens (including phenoxy) is 2. The first-order valence-electron chi connectivity index (χ1n) is 6.87. The number of carbonyl (C=O) groups is 2. The largest absolute Gasteiger partial charge is 0.469 e. The van der Waals surface area contributed by atoms with Crippen molar-refractivity contribution < 1.29 is 19.1 Å². The first-order valence-corrected chi connectivity index (χ1v) is 6.87. The Morgan fingerprint density at radius 3 is 3.11 bits per heavy atom. The van der Waals surface area contributed by atoms with E-state index in [-0.39, 0.29) is 18.0 Å². The molecular weight excluding hydrogens is 246 g/mol. The molecule has 0 aromatic heterocycles. The van der Waals surface area contributed by atoms with Gasteiger partial charge >= 0.3 is 5.97 Å². The number of esters is 1. The Hall–Kier alpha value is -1.36. The maximum atomic E-state index is 12.5. The Bertz CT molecular complexity index is 447. The summed E-state index contributed by atoms with van der Waals surface area (Å²) in [5, 5.41) is 0. The van der Waals surface area contributed by atoms with Gasteiger partial charge in [-0.1, -0.05) is 25.5 Å². The molecule has 5 nitrogen and oxygen atoms in total. The van der Waals surface area contributed by atoms with Gasteiger partial charge in [0.1, 0.15) is 11.5 Å². The van der Waals surface area contributed by atoms with Gasteiger partial charge in [-0.25, -0.2) is 0 Å². The molecule has 0 aliphatic carbocycles. The van der Waals surface area contributed by atoms with E-state index in [4.69, 9.17) is 9.47 Å². The number of amides is 1. The Kier molecular flexibility index (Phi) is 2.89. The second kappa shape index (κ2) is 4.34. The highest BCUT2D eigenvalue weighted by Gasteiger charge is 2.67. The van der Waals surface area contributed by atoms with Crippen LogP contribution in [0.15, 0.2) is 12.2 Å². The normalized spacial score (nSPS) is 38.9. The minimum Gasteiger partial charge on any atom is -0.469 e. The van der Waals surface area contributed by atoms with Gasteiger partial charge < -0.3 is 14.4 Å². The fourth-order valence-corrected chi connectivity index (χ4v) is 3.52. The summed E-state index contributed by atoms with van der Waals surface area (Å²) in [5.74, 6) is -1.18.